The minimum Gasteiger partial charge on any atom is -0.348 e. The minimum atomic E-state index is -0.299. The number of carbonyl (C=O) groups is 2. The number of rotatable bonds is 5. The van der Waals surface area contributed by atoms with E-state index in [-0.39, 0.29) is 17.7 Å². The lowest BCUT2D eigenvalue weighted by molar-refractivity contribution is -0.118. The zero-order chi connectivity index (χ0) is 16.8. The van der Waals surface area contributed by atoms with E-state index in [0.29, 0.717) is 22.8 Å². The fraction of sp³-hybridized carbons (Fsp3) is 0.235. The Labute approximate surface area is 140 Å². The quantitative estimate of drug-likeness (QED) is 0.883. The number of anilines is 1. The molecule has 2 aromatic rings. The molecular weight excluding hydrogens is 314 g/mol. The fourth-order valence-electron chi connectivity index (χ4n) is 1.84. The van der Waals surface area contributed by atoms with Gasteiger partial charge in [-0.25, -0.2) is 0 Å². The third-order valence-corrected chi connectivity index (χ3v) is 3.53. The highest BCUT2D eigenvalue weighted by Crippen LogP contribution is 2.21. The Balaban J connectivity index is 2.08. The van der Waals surface area contributed by atoms with E-state index in [4.69, 9.17) is 11.6 Å². The van der Waals surface area contributed by atoms with Crippen molar-refractivity contribution in [1.82, 2.24) is 10.3 Å². The van der Waals surface area contributed by atoms with Gasteiger partial charge in [0.1, 0.15) is 0 Å². The maximum atomic E-state index is 12.3. The first-order chi connectivity index (χ1) is 11.0. The lowest BCUT2D eigenvalue weighted by Crippen LogP contribution is -2.23. The second kappa shape index (κ2) is 7.74. The Kier molecular flexibility index (Phi) is 5.71. The van der Waals surface area contributed by atoms with Gasteiger partial charge in [0, 0.05) is 30.5 Å². The molecule has 0 saturated heterocycles. The van der Waals surface area contributed by atoms with Crippen LogP contribution in [0.1, 0.15) is 29.8 Å². The van der Waals surface area contributed by atoms with Gasteiger partial charge in [0.25, 0.3) is 5.91 Å². The summed E-state index contributed by atoms with van der Waals surface area (Å²) in [5.74, 6) is -0.558. The van der Waals surface area contributed by atoms with Crippen molar-refractivity contribution in [2.24, 2.45) is 5.92 Å². The van der Waals surface area contributed by atoms with Gasteiger partial charge in [-0.1, -0.05) is 25.4 Å². The van der Waals surface area contributed by atoms with E-state index < -0.39 is 0 Å². The number of pyridine rings is 1. The molecule has 0 aliphatic heterocycles. The van der Waals surface area contributed by atoms with Crippen molar-refractivity contribution in [2.75, 3.05) is 5.32 Å². The number of hydrogen-bond donors (Lipinski definition) is 2. The molecule has 2 rings (SSSR count). The fourth-order valence-corrected chi connectivity index (χ4v) is 2.05. The number of carbonyl (C=O) groups excluding carboxylic acids is 2. The molecule has 0 unspecified atom stereocenters. The van der Waals surface area contributed by atoms with Gasteiger partial charge < -0.3 is 10.6 Å². The number of nitrogens with zero attached hydrogens (tertiary/aromatic N) is 1. The van der Waals surface area contributed by atoms with Gasteiger partial charge in [0.2, 0.25) is 5.91 Å². The van der Waals surface area contributed by atoms with Gasteiger partial charge in [-0.15, -0.1) is 0 Å². The molecule has 2 N–H and O–H groups in total. The van der Waals surface area contributed by atoms with Crippen LogP contribution in [0.25, 0.3) is 0 Å². The Morgan fingerprint density at radius 2 is 1.87 bits per heavy atom. The molecule has 0 radical (unpaired) electrons. The van der Waals surface area contributed by atoms with Crippen LogP contribution in [-0.4, -0.2) is 16.8 Å². The summed E-state index contributed by atoms with van der Waals surface area (Å²) in [6, 6.07) is 8.48. The highest BCUT2D eigenvalue weighted by molar-refractivity contribution is 6.34. The molecule has 5 nitrogen and oxygen atoms in total. The van der Waals surface area contributed by atoms with Crippen molar-refractivity contribution >= 4 is 29.1 Å². The van der Waals surface area contributed by atoms with Crippen molar-refractivity contribution in [3.8, 4) is 0 Å². The average molecular weight is 332 g/mol. The van der Waals surface area contributed by atoms with Gasteiger partial charge in [0.15, 0.2) is 0 Å². The highest BCUT2D eigenvalue weighted by Gasteiger charge is 2.13. The number of nitrogens with one attached hydrogen (secondary N) is 2. The second-order valence-corrected chi connectivity index (χ2v) is 5.78. The largest absolute Gasteiger partial charge is 0.348 e. The van der Waals surface area contributed by atoms with Crippen molar-refractivity contribution in [2.45, 2.75) is 20.4 Å². The van der Waals surface area contributed by atoms with Crippen LogP contribution in [0.3, 0.4) is 0 Å². The standard InChI is InChI=1S/C17H18ClN3O2/c1-11(2)16(22)21-13-3-4-15(18)14(9-13)17(23)20-10-12-5-7-19-8-6-12/h3-9,11H,10H2,1-2H3,(H,20,23)(H,21,22). The maximum absolute atomic E-state index is 12.3. The molecule has 23 heavy (non-hydrogen) atoms. The summed E-state index contributed by atoms with van der Waals surface area (Å²) in [7, 11) is 0. The molecule has 120 valence electrons. The predicted octanol–water partition coefficient (Wildman–Crippen LogP) is 3.26. The van der Waals surface area contributed by atoms with Crippen LogP contribution >= 0.6 is 11.6 Å². The Hall–Kier alpha value is -2.40. The van der Waals surface area contributed by atoms with E-state index in [2.05, 4.69) is 15.6 Å². The van der Waals surface area contributed by atoms with Crippen LogP contribution in [0, 0.1) is 5.92 Å². The molecule has 0 aliphatic rings. The molecule has 1 aromatic heterocycles. The molecular formula is C17H18ClN3O2. The van der Waals surface area contributed by atoms with Gasteiger partial charge in [-0.3, -0.25) is 14.6 Å². The first kappa shape index (κ1) is 17.0. The molecule has 0 bridgehead atoms. The number of benzene rings is 1. The summed E-state index contributed by atoms with van der Waals surface area (Å²) < 4.78 is 0. The third-order valence-electron chi connectivity index (χ3n) is 3.21. The monoisotopic (exact) mass is 331 g/mol. The van der Waals surface area contributed by atoms with Gasteiger partial charge in [-0.05, 0) is 35.9 Å². The Morgan fingerprint density at radius 3 is 2.52 bits per heavy atom. The molecule has 0 atom stereocenters. The molecule has 1 aromatic carbocycles. The van der Waals surface area contributed by atoms with E-state index in [1.54, 1.807) is 44.4 Å². The van der Waals surface area contributed by atoms with E-state index in [0.717, 1.165) is 5.56 Å². The number of amides is 2. The summed E-state index contributed by atoms with van der Waals surface area (Å²) in [5.41, 5.74) is 1.80. The van der Waals surface area contributed by atoms with E-state index in [1.165, 1.54) is 0 Å². The third kappa shape index (κ3) is 4.79. The maximum Gasteiger partial charge on any atom is 0.253 e. The second-order valence-electron chi connectivity index (χ2n) is 5.38. The van der Waals surface area contributed by atoms with Gasteiger partial charge in [-0.2, -0.15) is 0 Å². The van der Waals surface area contributed by atoms with Crippen LogP contribution in [0.5, 0.6) is 0 Å². The number of hydrogen-bond acceptors (Lipinski definition) is 3. The molecule has 0 saturated carbocycles. The van der Waals surface area contributed by atoms with Crippen molar-refractivity contribution in [3.05, 3.63) is 58.9 Å². The first-order valence-corrected chi connectivity index (χ1v) is 7.62. The molecule has 0 fully saturated rings. The van der Waals surface area contributed by atoms with Crippen LogP contribution in [0.15, 0.2) is 42.7 Å². The first-order valence-electron chi connectivity index (χ1n) is 7.25. The summed E-state index contributed by atoms with van der Waals surface area (Å²) in [4.78, 5) is 27.9. The molecule has 0 spiro atoms. The molecule has 2 amide bonds. The number of halogens is 1. The SMILES string of the molecule is CC(C)C(=O)Nc1ccc(Cl)c(C(=O)NCc2ccncc2)c1. The van der Waals surface area contributed by atoms with Gasteiger partial charge >= 0.3 is 0 Å². The van der Waals surface area contributed by atoms with Crippen LogP contribution < -0.4 is 10.6 Å². The molecule has 1 heterocycles. The van der Waals surface area contributed by atoms with Crippen LogP contribution in [0.4, 0.5) is 5.69 Å². The molecule has 0 aliphatic carbocycles. The van der Waals surface area contributed by atoms with E-state index in [1.807, 2.05) is 12.1 Å². The van der Waals surface area contributed by atoms with Crippen LogP contribution in [-0.2, 0) is 11.3 Å². The number of aromatic nitrogens is 1. The lowest BCUT2D eigenvalue weighted by atomic mass is 10.1. The minimum absolute atomic E-state index is 0.115. The Bertz CT molecular complexity index is 702. The topological polar surface area (TPSA) is 71.1 Å². The summed E-state index contributed by atoms with van der Waals surface area (Å²) in [6.45, 7) is 3.97. The smallest absolute Gasteiger partial charge is 0.253 e. The summed E-state index contributed by atoms with van der Waals surface area (Å²) in [5, 5.41) is 5.88. The average Bonchev–Trinajstić information content (AvgIpc) is 2.55. The zero-order valence-electron chi connectivity index (χ0n) is 13.0. The summed E-state index contributed by atoms with van der Waals surface area (Å²) >= 11 is 6.09. The normalized spacial score (nSPS) is 10.4. The van der Waals surface area contributed by atoms with Crippen molar-refractivity contribution in [1.29, 1.82) is 0 Å². The van der Waals surface area contributed by atoms with Gasteiger partial charge in [0.05, 0.1) is 10.6 Å². The highest BCUT2D eigenvalue weighted by atomic mass is 35.5. The summed E-state index contributed by atoms with van der Waals surface area (Å²) in [6.07, 6.45) is 3.33. The lowest BCUT2D eigenvalue weighted by Gasteiger charge is -2.11. The van der Waals surface area contributed by atoms with E-state index >= 15 is 0 Å². The molecule has 6 heteroatoms. The van der Waals surface area contributed by atoms with Crippen molar-refractivity contribution in [3.63, 3.8) is 0 Å². The van der Waals surface area contributed by atoms with Crippen LogP contribution in [0.2, 0.25) is 5.02 Å². The Morgan fingerprint density at radius 1 is 1.17 bits per heavy atom. The van der Waals surface area contributed by atoms with Crippen molar-refractivity contribution < 1.29 is 9.59 Å². The zero-order valence-corrected chi connectivity index (χ0v) is 13.7. The predicted molar refractivity (Wildman–Crippen MR) is 90.3 cm³/mol. The van der Waals surface area contributed by atoms with E-state index in [9.17, 15) is 9.59 Å².